The summed E-state index contributed by atoms with van der Waals surface area (Å²) in [6.45, 7) is 6.37. The number of Topliss-reactive ketones (excluding diaryl/α,β-unsaturated/α-hetero) is 1. The number of hydrogen-bond donors (Lipinski definition) is 2. The molecular formula is C21H32O3. The molecule has 24 heavy (non-hydrogen) atoms. The molecule has 0 saturated heterocycles. The summed E-state index contributed by atoms with van der Waals surface area (Å²) >= 11 is 0. The van der Waals surface area contributed by atoms with Gasteiger partial charge < -0.3 is 10.2 Å². The van der Waals surface area contributed by atoms with Crippen LogP contribution in [0, 0.1) is 34.5 Å². The Morgan fingerprint density at radius 2 is 1.92 bits per heavy atom. The van der Waals surface area contributed by atoms with E-state index >= 15 is 0 Å². The van der Waals surface area contributed by atoms with Crippen molar-refractivity contribution in [3.05, 3.63) is 11.6 Å². The van der Waals surface area contributed by atoms with Crippen LogP contribution in [0.1, 0.15) is 65.7 Å². The van der Waals surface area contributed by atoms with E-state index in [1.54, 1.807) is 6.92 Å². The zero-order chi connectivity index (χ0) is 17.3. The zero-order valence-corrected chi connectivity index (χ0v) is 15.3. The van der Waals surface area contributed by atoms with Crippen LogP contribution in [0.25, 0.3) is 0 Å². The third-order valence-electron chi connectivity index (χ3n) is 8.67. The van der Waals surface area contributed by atoms with E-state index in [1.807, 2.05) is 0 Å². The minimum absolute atomic E-state index is 0.161. The van der Waals surface area contributed by atoms with Crippen molar-refractivity contribution in [2.45, 2.75) is 77.9 Å². The van der Waals surface area contributed by atoms with Crippen molar-refractivity contribution in [1.29, 1.82) is 0 Å². The summed E-state index contributed by atoms with van der Waals surface area (Å²) in [5, 5.41) is 20.9. The summed E-state index contributed by atoms with van der Waals surface area (Å²) in [4.78, 5) is 12.2. The van der Waals surface area contributed by atoms with Gasteiger partial charge in [-0.25, -0.2) is 0 Å². The predicted molar refractivity (Wildman–Crippen MR) is 93.3 cm³/mol. The monoisotopic (exact) mass is 332 g/mol. The molecule has 0 heterocycles. The third kappa shape index (κ3) is 2.07. The lowest BCUT2D eigenvalue weighted by Crippen LogP contribution is -2.55. The van der Waals surface area contributed by atoms with Gasteiger partial charge in [0.2, 0.25) is 0 Å². The molecule has 0 radical (unpaired) electrons. The summed E-state index contributed by atoms with van der Waals surface area (Å²) in [5.74, 6) is 2.31. The Balaban J connectivity index is 1.69. The number of fused-ring (bicyclic) bond motifs is 5. The fourth-order valence-electron chi connectivity index (χ4n) is 7.37. The maximum atomic E-state index is 12.2. The van der Waals surface area contributed by atoms with Crippen LogP contribution in [0.15, 0.2) is 11.6 Å². The highest BCUT2D eigenvalue weighted by Crippen LogP contribution is 2.66. The van der Waals surface area contributed by atoms with Crippen molar-refractivity contribution in [1.82, 2.24) is 0 Å². The fraction of sp³-hybridized carbons (Fsp3) is 0.857. The molecule has 0 aromatic rings. The number of hydrogen-bond acceptors (Lipinski definition) is 3. The van der Waals surface area contributed by atoms with Crippen molar-refractivity contribution in [3.8, 4) is 0 Å². The van der Waals surface area contributed by atoms with Gasteiger partial charge in [-0.2, -0.15) is 0 Å². The average Bonchev–Trinajstić information content (AvgIpc) is 2.86. The van der Waals surface area contributed by atoms with Gasteiger partial charge in [-0.3, -0.25) is 4.79 Å². The normalized spacial score (nSPS) is 53.6. The second-order valence-corrected chi connectivity index (χ2v) is 9.52. The van der Waals surface area contributed by atoms with Gasteiger partial charge in [-0.05, 0) is 68.6 Å². The van der Waals surface area contributed by atoms with Crippen molar-refractivity contribution in [3.63, 3.8) is 0 Å². The van der Waals surface area contributed by atoms with E-state index in [0.29, 0.717) is 30.0 Å². The van der Waals surface area contributed by atoms with Gasteiger partial charge >= 0.3 is 0 Å². The van der Waals surface area contributed by atoms with Crippen molar-refractivity contribution in [2.24, 2.45) is 34.5 Å². The summed E-state index contributed by atoms with van der Waals surface area (Å²) in [7, 11) is 0. The number of aliphatic hydroxyl groups excluding tert-OH is 2. The highest BCUT2D eigenvalue weighted by molar-refractivity contribution is 5.79. The highest BCUT2D eigenvalue weighted by Gasteiger charge is 2.61. The van der Waals surface area contributed by atoms with Gasteiger partial charge in [-0.15, -0.1) is 0 Å². The van der Waals surface area contributed by atoms with Crippen molar-refractivity contribution >= 4 is 5.78 Å². The highest BCUT2D eigenvalue weighted by atomic mass is 16.3. The first-order valence-corrected chi connectivity index (χ1v) is 9.84. The molecule has 4 aliphatic rings. The molecule has 3 nitrogen and oxygen atoms in total. The van der Waals surface area contributed by atoms with E-state index in [9.17, 15) is 15.0 Å². The molecule has 0 bridgehead atoms. The van der Waals surface area contributed by atoms with E-state index < -0.39 is 12.2 Å². The van der Waals surface area contributed by atoms with Gasteiger partial charge in [0.15, 0.2) is 0 Å². The van der Waals surface area contributed by atoms with Crippen molar-refractivity contribution < 1.29 is 15.0 Å². The molecule has 0 aliphatic heterocycles. The summed E-state index contributed by atoms with van der Waals surface area (Å²) in [6, 6.07) is 0. The molecule has 0 spiro atoms. The molecule has 3 fully saturated rings. The van der Waals surface area contributed by atoms with Gasteiger partial charge in [0, 0.05) is 17.8 Å². The lowest BCUT2D eigenvalue weighted by molar-refractivity contribution is -0.131. The number of aliphatic hydroxyl groups is 2. The van der Waals surface area contributed by atoms with Crippen LogP contribution in [0.4, 0.5) is 0 Å². The summed E-state index contributed by atoms with van der Waals surface area (Å²) in [5.41, 5.74) is 1.28. The molecule has 3 heteroatoms. The molecule has 134 valence electrons. The first-order chi connectivity index (χ1) is 11.3. The lowest BCUT2D eigenvalue weighted by Gasteiger charge is -2.59. The maximum Gasteiger partial charge on any atom is 0.133 e. The molecule has 0 aromatic carbocycles. The Morgan fingerprint density at radius 3 is 2.62 bits per heavy atom. The Morgan fingerprint density at radius 1 is 1.17 bits per heavy atom. The quantitative estimate of drug-likeness (QED) is 0.723. The number of carbonyl (C=O) groups is 1. The largest absolute Gasteiger partial charge is 0.393 e. The topological polar surface area (TPSA) is 57.5 Å². The van der Waals surface area contributed by atoms with Gasteiger partial charge in [0.1, 0.15) is 5.78 Å². The minimum Gasteiger partial charge on any atom is -0.393 e. The van der Waals surface area contributed by atoms with E-state index in [2.05, 4.69) is 19.9 Å². The average molecular weight is 332 g/mol. The number of ketones is 1. The number of carbonyl (C=O) groups excluding carboxylic acids is 1. The van der Waals surface area contributed by atoms with E-state index in [-0.39, 0.29) is 16.7 Å². The smallest absolute Gasteiger partial charge is 0.133 e. The van der Waals surface area contributed by atoms with Gasteiger partial charge in [0.05, 0.1) is 12.2 Å². The summed E-state index contributed by atoms with van der Waals surface area (Å²) in [6.07, 6.45) is 8.26. The van der Waals surface area contributed by atoms with E-state index in [4.69, 9.17) is 0 Å². The standard InChI is InChI=1S/C21H32O3/c1-12(22)16-6-7-17-15-5-4-13-10-14(23)11-19(24)21(13,3)18(15)8-9-20(16,17)2/h4,14-19,23-24H,5-11H2,1-3H3/t14?,15-,16+,17-,18-,19?,20+,21-/m0/s1. The van der Waals surface area contributed by atoms with Gasteiger partial charge in [0.25, 0.3) is 0 Å². The molecule has 2 unspecified atom stereocenters. The van der Waals surface area contributed by atoms with Crippen LogP contribution in [0.3, 0.4) is 0 Å². The first kappa shape index (κ1) is 16.8. The first-order valence-electron chi connectivity index (χ1n) is 9.84. The molecule has 4 aliphatic carbocycles. The van der Waals surface area contributed by atoms with Crippen molar-refractivity contribution in [2.75, 3.05) is 0 Å². The van der Waals surface area contributed by atoms with Gasteiger partial charge in [-0.1, -0.05) is 25.5 Å². The predicted octanol–water partition coefficient (Wildman–Crippen LogP) is 3.49. The Labute approximate surface area is 145 Å². The SMILES string of the molecule is CC(=O)[C@H]1CC[C@H]2[C@@H]3CC=C4CC(O)CC(O)[C@]4(C)[C@H]3CC[C@]12C. The third-order valence-corrected chi connectivity index (χ3v) is 8.67. The van der Waals surface area contributed by atoms with Crippen LogP contribution < -0.4 is 0 Å². The molecule has 2 N–H and O–H groups in total. The molecule has 3 saturated carbocycles. The Kier molecular flexibility index (Phi) is 3.78. The number of rotatable bonds is 1. The zero-order valence-electron chi connectivity index (χ0n) is 15.3. The van der Waals surface area contributed by atoms with Crippen LogP contribution in [0.2, 0.25) is 0 Å². The second kappa shape index (κ2) is 5.41. The van der Waals surface area contributed by atoms with E-state index in [1.165, 1.54) is 12.0 Å². The fourth-order valence-corrected chi connectivity index (χ4v) is 7.37. The molecule has 0 aromatic heterocycles. The molecule has 0 amide bonds. The Bertz CT molecular complexity index is 582. The number of allylic oxidation sites excluding steroid dienone is 1. The van der Waals surface area contributed by atoms with Crippen LogP contribution in [0.5, 0.6) is 0 Å². The second-order valence-electron chi connectivity index (χ2n) is 9.52. The minimum atomic E-state index is -0.435. The Hall–Kier alpha value is -0.670. The molecular weight excluding hydrogens is 300 g/mol. The molecule has 4 rings (SSSR count). The molecule has 8 atom stereocenters. The maximum absolute atomic E-state index is 12.2. The van der Waals surface area contributed by atoms with E-state index in [0.717, 1.165) is 32.1 Å². The van der Waals surface area contributed by atoms with Crippen LogP contribution >= 0.6 is 0 Å². The lowest BCUT2D eigenvalue weighted by atomic mass is 9.46. The summed E-state index contributed by atoms with van der Waals surface area (Å²) < 4.78 is 0. The van der Waals surface area contributed by atoms with Crippen LogP contribution in [-0.4, -0.2) is 28.2 Å². The van der Waals surface area contributed by atoms with Crippen LogP contribution in [-0.2, 0) is 4.79 Å².